The lowest BCUT2D eigenvalue weighted by atomic mass is 9.47. The monoisotopic (exact) mass is 412 g/mol. The number of hydrogen-bond donors (Lipinski definition) is 2. The van der Waals surface area contributed by atoms with Crippen LogP contribution in [0.1, 0.15) is 37.8 Å². The fraction of sp³-hybridized carbons (Fsp3) is 0.250. The predicted molar refractivity (Wildman–Crippen MR) is 108 cm³/mol. The summed E-state index contributed by atoms with van der Waals surface area (Å²) in [6.07, 6.45) is 3.09. The maximum atomic E-state index is 13.7. The topological polar surface area (TPSA) is 74.6 Å². The summed E-state index contributed by atoms with van der Waals surface area (Å²) in [6.45, 7) is 3.55. The molecule has 2 unspecified atom stereocenters. The molecule has 0 aliphatic heterocycles. The van der Waals surface area contributed by atoms with Gasteiger partial charge in [0.15, 0.2) is 0 Å². The summed E-state index contributed by atoms with van der Waals surface area (Å²) in [6, 6.07) is 10.9. The Bertz CT molecular complexity index is 952. The minimum atomic E-state index is -1.32. The Labute approximate surface area is 173 Å². The molecule has 4 nitrogen and oxygen atoms in total. The van der Waals surface area contributed by atoms with Crippen LogP contribution in [0.2, 0.25) is 0 Å². The van der Waals surface area contributed by atoms with Gasteiger partial charge in [-0.25, -0.2) is 18.4 Å². The summed E-state index contributed by atoms with van der Waals surface area (Å²) in [7, 11) is 0. The molecule has 0 saturated heterocycles. The van der Waals surface area contributed by atoms with Crippen LogP contribution in [0.3, 0.4) is 0 Å². The zero-order valence-electron chi connectivity index (χ0n) is 16.7. The largest absolute Gasteiger partial charge is 0.478 e. The maximum absolute atomic E-state index is 13.7. The van der Waals surface area contributed by atoms with Gasteiger partial charge in [-0.1, -0.05) is 50.3 Å². The second-order valence-corrected chi connectivity index (χ2v) is 7.30. The smallest absolute Gasteiger partial charge is 0.332 e. The van der Waals surface area contributed by atoms with E-state index in [-0.39, 0.29) is 24.0 Å². The molecule has 30 heavy (non-hydrogen) atoms. The molecule has 0 amide bonds. The number of carboxylic acid groups (broad SMARTS) is 2. The first kappa shape index (κ1) is 21.4. The molecular formula is C24H22F2O4. The standard InChI is InChI=1S/C24H22F2O4/c1-3-23(15-5-9-17(25)10-6-15)19(21(27)28)13-14-20(22(29)30)24(23,4-2)16-7-11-18(26)12-8-16/h5-14H,3-4H2,1-2H3,(H,27,28)(H,29,30). The summed E-state index contributed by atoms with van der Waals surface area (Å²) in [5, 5.41) is 20.2. The van der Waals surface area contributed by atoms with Gasteiger partial charge in [-0.2, -0.15) is 0 Å². The molecule has 0 spiro atoms. The van der Waals surface area contributed by atoms with Crippen molar-refractivity contribution in [2.75, 3.05) is 0 Å². The summed E-state index contributed by atoms with van der Waals surface area (Å²) < 4.78 is 27.4. The maximum Gasteiger partial charge on any atom is 0.332 e. The number of carbonyl (C=O) groups is 2. The molecule has 0 saturated carbocycles. The molecule has 2 atom stereocenters. The average Bonchev–Trinajstić information content (AvgIpc) is 2.73. The van der Waals surface area contributed by atoms with E-state index in [2.05, 4.69) is 0 Å². The Balaban J connectivity index is 2.51. The van der Waals surface area contributed by atoms with E-state index in [0.29, 0.717) is 11.1 Å². The van der Waals surface area contributed by atoms with Crippen molar-refractivity contribution < 1.29 is 28.6 Å². The summed E-state index contributed by atoms with van der Waals surface area (Å²) in [5.74, 6) is -3.36. The van der Waals surface area contributed by atoms with Crippen LogP contribution < -0.4 is 0 Å². The van der Waals surface area contributed by atoms with Gasteiger partial charge < -0.3 is 10.2 Å². The average molecular weight is 412 g/mol. The number of halogens is 2. The Morgan fingerprint density at radius 3 is 1.23 bits per heavy atom. The van der Waals surface area contributed by atoms with Crippen LogP contribution in [-0.2, 0) is 20.4 Å². The SMILES string of the molecule is CCC1(c2ccc(F)cc2)C(C(=O)O)=CC=C(C(=O)O)C1(CC)c1ccc(F)cc1. The predicted octanol–water partition coefficient (Wildman–Crippen LogP) is 5.00. The lowest BCUT2D eigenvalue weighted by Gasteiger charge is -2.53. The summed E-state index contributed by atoms with van der Waals surface area (Å²) in [4.78, 5) is 24.7. The lowest BCUT2D eigenvalue weighted by molar-refractivity contribution is -0.136. The van der Waals surface area contributed by atoms with E-state index in [1.54, 1.807) is 13.8 Å². The molecule has 0 bridgehead atoms. The highest BCUT2D eigenvalue weighted by Gasteiger charge is 2.59. The van der Waals surface area contributed by atoms with Gasteiger partial charge in [-0.05, 0) is 48.2 Å². The molecule has 0 fully saturated rings. The fourth-order valence-electron chi connectivity index (χ4n) is 5.08. The number of benzene rings is 2. The summed E-state index contributed by atoms with van der Waals surface area (Å²) in [5.41, 5.74) is -1.65. The first-order valence-electron chi connectivity index (χ1n) is 9.66. The molecule has 2 aromatic rings. The number of allylic oxidation sites excluding steroid dienone is 2. The van der Waals surface area contributed by atoms with Crippen molar-refractivity contribution in [3.63, 3.8) is 0 Å². The first-order valence-corrected chi connectivity index (χ1v) is 9.66. The van der Waals surface area contributed by atoms with E-state index in [4.69, 9.17) is 0 Å². The van der Waals surface area contributed by atoms with Crippen LogP contribution in [0.15, 0.2) is 71.8 Å². The number of hydrogen-bond acceptors (Lipinski definition) is 2. The highest BCUT2D eigenvalue weighted by molar-refractivity contribution is 5.98. The number of rotatable bonds is 6. The Kier molecular flexibility index (Phi) is 5.61. The first-order chi connectivity index (χ1) is 14.2. The fourth-order valence-corrected chi connectivity index (χ4v) is 5.08. The molecule has 3 rings (SSSR count). The summed E-state index contributed by atoms with van der Waals surface area (Å²) >= 11 is 0. The Morgan fingerprint density at radius 1 is 0.700 bits per heavy atom. The van der Waals surface area contributed by atoms with E-state index in [0.717, 1.165) is 0 Å². The third kappa shape index (κ3) is 2.95. The second-order valence-electron chi connectivity index (χ2n) is 7.30. The molecule has 156 valence electrons. The van der Waals surface area contributed by atoms with Gasteiger partial charge in [0.05, 0.1) is 0 Å². The highest BCUT2D eigenvalue weighted by atomic mass is 19.1. The van der Waals surface area contributed by atoms with E-state index in [1.165, 1.54) is 60.7 Å². The quantitative estimate of drug-likeness (QED) is 0.701. The molecule has 2 aromatic carbocycles. The van der Waals surface area contributed by atoms with Crippen molar-refractivity contribution in [2.24, 2.45) is 0 Å². The van der Waals surface area contributed by atoms with Crippen molar-refractivity contribution in [3.05, 3.63) is 94.6 Å². The Hall–Kier alpha value is -3.28. The van der Waals surface area contributed by atoms with Crippen molar-refractivity contribution in [2.45, 2.75) is 37.5 Å². The second kappa shape index (κ2) is 7.86. The zero-order chi connectivity index (χ0) is 22.1. The van der Waals surface area contributed by atoms with Gasteiger partial charge in [-0.15, -0.1) is 0 Å². The van der Waals surface area contributed by atoms with Crippen LogP contribution in [-0.4, -0.2) is 22.2 Å². The molecule has 0 radical (unpaired) electrons. The normalized spacial score (nSPS) is 23.5. The van der Waals surface area contributed by atoms with Gasteiger partial charge in [0.2, 0.25) is 0 Å². The van der Waals surface area contributed by atoms with Crippen LogP contribution >= 0.6 is 0 Å². The van der Waals surface area contributed by atoms with Gasteiger partial charge in [0.25, 0.3) is 0 Å². The van der Waals surface area contributed by atoms with Gasteiger partial charge in [-0.3, -0.25) is 0 Å². The van der Waals surface area contributed by atoms with Crippen LogP contribution in [0.4, 0.5) is 8.78 Å². The van der Waals surface area contributed by atoms with Gasteiger partial charge >= 0.3 is 11.9 Å². The highest BCUT2D eigenvalue weighted by Crippen LogP contribution is 2.59. The molecule has 6 heteroatoms. The molecule has 0 heterocycles. The molecule has 1 aliphatic carbocycles. The van der Waals surface area contributed by atoms with Gasteiger partial charge in [0.1, 0.15) is 11.6 Å². The molecule has 1 aliphatic rings. The molecular weight excluding hydrogens is 390 g/mol. The van der Waals surface area contributed by atoms with Crippen LogP contribution in [0.5, 0.6) is 0 Å². The molecule has 2 N–H and O–H groups in total. The van der Waals surface area contributed by atoms with Crippen LogP contribution in [0, 0.1) is 11.6 Å². The van der Waals surface area contributed by atoms with Crippen LogP contribution in [0.25, 0.3) is 0 Å². The minimum Gasteiger partial charge on any atom is -0.478 e. The number of aliphatic carboxylic acids is 2. The van der Waals surface area contributed by atoms with Gasteiger partial charge in [0, 0.05) is 22.0 Å². The third-order valence-corrected chi connectivity index (χ3v) is 6.26. The van der Waals surface area contributed by atoms with Crippen molar-refractivity contribution >= 4 is 11.9 Å². The van der Waals surface area contributed by atoms with Crippen molar-refractivity contribution in [1.29, 1.82) is 0 Å². The van der Waals surface area contributed by atoms with E-state index in [1.807, 2.05) is 0 Å². The lowest BCUT2D eigenvalue weighted by Crippen LogP contribution is -2.55. The van der Waals surface area contributed by atoms with E-state index >= 15 is 0 Å². The zero-order valence-corrected chi connectivity index (χ0v) is 16.7. The van der Waals surface area contributed by atoms with Crippen molar-refractivity contribution in [3.8, 4) is 0 Å². The van der Waals surface area contributed by atoms with Crippen molar-refractivity contribution in [1.82, 2.24) is 0 Å². The minimum absolute atomic E-state index is 0.00721. The Morgan fingerprint density at radius 2 is 1.00 bits per heavy atom. The van der Waals surface area contributed by atoms with E-state index in [9.17, 15) is 28.6 Å². The number of carboxylic acids is 2. The third-order valence-electron chi connectivity index (χ3n) is 6.26. The van der Waals surface area contributed by atoms with E-state index < -0.39 is 34.4 Å². The molecule has 0 aromatic heterocycles.